The van der Waals surface area contributed by atoms with Crippen LogP contribution in [0.15, 0.2) is 83.8 Å². The van der Waals surface area contributed by atoms with E-state index in [2.05, 4.69) is 10.0 Å². The van der Waals surface area contributed by atoms with Crippen molar-refractivity contribution >= 4 is 27.5 Å². The predicted molar refractivity (Wildman–Crippen MR) is 151 cm³/mol. The third-order valence-corrected chi connectivity index (χ3v) is 7.91. The summed E-state index contributed by atoms with van der Waals surface area (Å²) in [5, 5.41) is 2.93. The highest BCUT2D eigenvalue weighted by Gasteiger charge is 2.33. The zero-order valence-corrected chi connectivity index (χ0v) is 23.1. The van der Waals surface area contributed by atoms with Crippen molar-refractivity contribution < 1.29 is 22.7 Å². The molecule has 1 aliphatic heterocycles. The number of sulfonamides is 1. The zero-order valence-electron chi connectivity index (χ0n) is 22.3. The summed E-state index contributed by atoms with van der Waals surface area (Å²) in [5.41, 5.74) is 2.61. The Hall–Kier alpha value is -3.69. The van der Waals surface area contributed by atoms with Crippen LogP contribution < -0.4 is 19.7 Å². The fourth-order valence-corrected chi connectivity index (χ4v) is 5.49. The number of ether oxygens (including phenoxy) is 1. The number of carbonyl (C=O) groups is 2. The summed E-state index contributed by atoms with van der Waals surface area (Å²) in [6, 6.07) is 23.7. The number of fused-ring (bicyclic) bond motifs is 1. The van der Waals surface area contributed by atoms with Gasteiger partial charge in [0.05, 0.1) is 17.1 Å². The van der Waals surface area contributed by atoms with E-state index in [9.17, 15) is 18.0 Å². The molecular formula is C30H35N3O5S. The van der Waals surface area contributed by atoms with E-state index in [1.807, 2.05) is 56.3 Å². The molecule has 0 fully saturated rings. The molecule has 9 heteroatoms. The van der Waals surface area contributed by atoms with E-state index in [1.54, 1.807) is 41.3 Å². The Morgan fingerprint density at radius 2 is 1.59 bits per heavy atom. The number of nitrogens with one attached hydrogen (secondary N) is 2. The van der Waals surface area contributed by atoms with Crippen LogP contribution in [0.5, 0.6) is 5.75 Å². The molecule has 0 aromatic heterocycles. The zero-order chi connectivity index (χ0) is 27.8. The standard InChI is InChI=1S/C30H35N3O5S/c1-22(2)20-32-39(36,37)25-15-12-24(13-16-25)14-17-29(34)33-21-28(38-27-11-7-6-10-26(27)33)30(35)31-19-18-23-8-4-3-5-9-23/h3-13,15-16,22,28,32H,14,17-21H2,1-2H3,(H,31,35)/t28-/m0/s1. The number of amides is 2. The molecule has 8 nitrogen and oxygen atoms in total. The van der Waals surface area contributed by atoms with Gasteiger partial charge in [0.1, 0.15) is 5.75 Å². The number of carbonyl (C=O) groups excluding carboxylic acids is 2. The van der Waals surface area contributed by atoms with E-state index in [0.717, 1.165) is 11.1 Å². The van der Waals surface area contributed by atoms with Crippen molar-refractivity contribution in [3.8, 4) is 5.75 Å². The first-order valence-electron chi connectivity index (χ1n) is 13.2. The van der Waals surface area contributed by atoms with E-state index in [1.165, 1.54) is 0 Å². The van der Waals surface area contributed by atoms with Crippen LogP contribution in [0.4, 0.5) is 5.69 Å². The minimum Gasteiger partial charge on any atom is -0.477 e. The molecule has 0 aliphatic carbocycles. The molecule has 0 radical (unpaired) electrons. The Morgan fingerprint density at radius 1 is 0.923 bits per heavy atom. The second-order valence-corrected chi connectivity index (χ2v) is 11.8. The van der Waals surface area contributed by atoms with Crippen molar-refractivity contribution in [1.29, 1.82) is 0 Å². The van der Waals surface area contributed by atoms with E-state index >= 15 is 0 Å². The lowest BCUT2D eigenvalue weighted by Gasteiger charge is -2.34. The molecule has 0 saturated carbocycles. The minimum atomic E-state index is -3.57. The molecule has 4 rings (SSSR count). The third kappa shape index (κ3) is 7.68. The van der Waals surface area contributed by atoms with E-state index in [4.69, 9.17) is 4.74 Å². The van der Waals surface area contributed by atoms with Crippen LogP contribution in [0.25, 0.3) is 0 Å². The number of hydrogen-bond donors (Lipinski definition) is 2. The highest BCUT2D eigenvalue weighted by Crippen LogP contribution is 2.33. The maximum atomic E-state index is 13.3. The summed E-state index contributed by atoms with van der Waals surface area (Å²) in [5.74, 6) is 0.295. The van der Waals surface area contributed by atoms with Crippen molar-refractivity contribution in [2.45, 2.75) is 44.1 Å². The Bertz CT molecular complexity index is 1380. The number of aryl methyl sites for hydroxylation is 1. The molecule has 0 bridgehead atoms. The van der Waals surface area contributed by atoms with Crippen LogP contribution in [-0.4, -0.2) is 46.0 Å². The largest absolute Gasteiger partial charge is 0.477 e. The molecule has 1 atom stereocenters. The SMILES string of the molecule is CC(C)CNS(=O)(=O)c1ccc(CCC(=O)N2C[C@@H](C(=O)NCCc3ccccc3)Oc3ccccc32)cc1. The highest BCUT2D eigenvalue weighted by molar-refractivity contribution is 7.89. The van der Waals surface area contributed by atoms with Crippen molar-refractivity contribution in [1.82, 2.24) is 10.0 Å². The summed E-state index contributed by atoms with van der Waals surface area (Å²) >= 11 is 0. The Balaban J connectivity index is 1.36. The van der Waals surface area contributed by atoms with Crippen LogP contribution >= 0.6 is 0 Å². The quantitative estimate of drug-likeness (QED) is 0.380. The maximum absolute atomic E-state index is 13.3. The fourth-order valence-electron chi connectivity index (χ4n) is 4.28. The second-order valence-electron chi connectivity index (χ2n) is 9.99. The minimum absolute atomic E-state index is 0.117. The molecule has 1 aliphatic rings. The van der Waals surface area contributed by atoms with Gasteiger partial charge in [-0.1, -0.05) is 68.4 Å². The van der Waals surface area contributed by atoms with Crippen LogP contribution in [0.1, 0.15) is 31.4 Å². The fraction of sp³-hybridized carbons (Fsp3) is 0.333. The monoisotopic (exact) mass is 549 g/mol. The number of para-hydroxylation sites is 2. The van der Waals surface area contributed by atoms with Gasteiger partial charge < -0.3 is 15.0 Å². The van der Waals surface area contributed by atoms with Crippen molar-refractivity contribution in [3.63, 3.8) is 0 Å². The second kappa shape index (κ2) is 12.9. The first-order valence-corrected chi connectivity index (χ1v) is 14.7. The topological polar surface area (TPSA) is 105 Å². The van der Waals surface area contributed by atoms with Gasteiger partial charge in [-0.15, -0.1) is 0 Å². The molecule has 0 unspecified atom stereocenters. The summed E-state index contributed by atoms with van der Waals surface area (Å²) in [6.07, 6.45) is 0.523. The van der Waals surface area contributed by atoms with Gasteiger partial charge in [0.15, 0.2) is 6.10 Å². The third-order valence-electron chi connectivity index (χ3n) is 6.47. The van der Waals surface area contributed by atoms with Gasteiger partial charge in [-0.05, 0) is 54.2 Å². The van der Waals surface area contributed by atoms with E-state index in [0.29, 0.717) is 37.4 Å². The van der Waals surface area contributed by atoms with Crippen molar-refractivity contribution in [2.75, 3.05) is 24.5 Å². The van der Waals surface area contributed by atoms with E-state index < -0.39 is 16.1 Å². The van der Waals surface area contributed by atoms with Crippen molar-refractivity contribution in [2.24, 2.45) is 5.92 Å². The lowest BCUT2D eigenvalue weighted by atomic mass is 10.1. The van der Waals surface area contributed by atoms with Crippen LogP contribution in [0, 0.1) is 5.92 Å². The van der Waals surface area contributed by atoms with Crippen LogP contribution in [0.3, 0.4) is 0 Å². The molecule has 3 aromatic rings. The van der Waals surface area contributed by atoms with Gasteiger partial charge in [-0.3, -0.25) is 9.59 Å². The van der Waals surface area contributed by atoms with Gasteiger partial charge in [0.2, 0.25) is 15.9 Å². The number of rotatable bonds is 11. The smallest absolute Gasteiger partial charge is 0.262 e. The van der Waals surface area contributed by atoms with Gasteiger partial charge in [-0.25, -0.2) is 13.1 Å². The number of nitrogens with zero attached hydrogens (tertiary/aromatic N) is 1. The Morgan fingerprint density at radius 3 is 2.31 bits per heavy atom. The summed E-state index contributed by atoms with van der Waals surface area (Å²) in [6.45, 7) is 4.83. The van der Waals surface area contributed by atoms with Gasteiger partial charge >= 0.3 is 0 Å². The lowest BCUT2D eigenvalue weighted by Crippen LogP contribution is -2.51. The molecule has 39 heavy (non-hydrogen) atoms. The van der Waals surface area contributed by atoms with Crippen molar-refractivity contribution in [3.05, 3.63) is 90.0 Å². The first-order chi connectivity index (χ1) is 18.7. The number of benzene rings is 3. The predicted octanol–water partition coefficient (Wildman–Crippen LogP) is 3.71. The van der Waals surface area contributed by atoms with Gasteiger partial charge in [-0.2, -0.15) is 0 Å². The highest BCUT2D eigenvalue weighted by atomic mass is 32.2. The molecule has 2 N–H and O–H groups in total. The number of anilines is 1. The summed E-state index contributed by atoms with van der Waals surface area (Å²) in [4.78, 5) is 28.0. The maximum Gasteiger partial charge on any atom is 0.262 e. The molecule has 3 aromatic carbocycles. The molecule has 0 saturated heterocycles. The normalized spacial score (nSPS) is 14.9. The number of hydrogen-bond acceptors (Lipinski definition) is 5. The van der Waals surface area contributed by atoms with E-state index in [-0.39, 0.29) is 35.6 Å². The van der Waals surface area contributed by atoms with Crippen LogP contribution in [0.2, 0.25) is 0 Å². The molecular weight excluding hydrogens is 514 g/mol. The van der Waals surface area contributed by atoms with Gasteiger partial charge in [0, 0.05) is 19.5 Å². The summed E-state index contributed by atoms with van der Waals surface area (Å²) in [7, 11) is -3.57. The lowest BCUT2D eigenvalue weighted by molar-refractivity contribution is -0.128. The van der Waals surface area contributed by atoms with Crippen LogP contribution in [-0.2, 0) is 32.5 Å². The average molecular weight is 550 g/mol. The first kappa shape index (κ1) is 28.3. The Labute approximate surface area is 230 Å². The summed E-state index contributed by atoms with van der Waals surface area (Å²) < 4.78 is 33.4. The Kier molecular flexibility index (Phi) is 9.37. The molecule has 0 spiro atoms. The molecule has 206 valence electrons. The average Bonchev–Trinajstić information content (AvgIpc) is 2.95. The van der Waals surface area contributed by atoms with Gasteiger partial charge in [0.25, 0.3) is 5.91 Å². The molecule has 1 heterocycles. The molecule has 2 amide bonds.